The zero-order valence-electron chi connectivity index (χ0n) is 14.2. The summed E-state index contributed by atoms with van der Waals surface area (Å²) in [7, 11) is 0. The number of pyridine rings is 1. The quantitative estimate of drug-likeness (QED) is 0.726. The number of benzene rings is 1. The van der Waals surface area contributed by atoms with Crippen LogP contribution < -0.4 is 15.5 Å². The third kappa shape index (κ3) is 6.14. The molecule has 0 unspecified atom stereocenters. The molecule has 2 aromatic rings. The molecule has 25 heavy (non-hydrogen) atoms. The summed E-state index contributed by atoms with van der Waals surface area (Å²) in [6.45, 7) is 4.39. The van der Waals surface area contributed by atoms with Crippen molar-refractivity contribution in [1.82, 2.24) is 4.98 Å². The van der Waals surface area contributed by atoms with E-state index in [-0.39, 0.29) is 17.1 Å². The smallest absolute Gasteiger partial charge is 0.234 e. The number of hydrogen-bond acceptors (Lipinski definition) is 4. The summed E-state index contributed by atoms with van der Waals surface area (Å²) >= 11 is 7.33. The van der Waals surface area contributed by atoms with Gasteiger partial charge in [-0.15, -0.1) is 11.8 Å². The Hall–Kier alpha value is -1.92. The van der Waals surface area contributed by atoms with Gasteiger partial charge in [0.1, 0.15) is 0 Å². The fourth-order valence-corrected chi connectivity index (χ4v) is 3.09. The van der Waals surface area contributed by atoms with Gasteiger partial charge in [-0.25, -0.2) is 0 Å². The van der Waals surface area contributed by atoms with E-state index in [0.717, 1.165) is 23.4 Å². The van der Waals surface area contributed by atoms with Crippen LogP contribution in [0.25, 0.3) is 0 Å². The van der Waals surface area contributed by atoms with Gasteiger partial charge in [0.25, 0.3) is 0 Å². The average Bonchev–Trinajstić information content (AvgIpc) is 2.57. The number of nitrogens with one attached hydrogen (secondary N) is 2. The fraction of sp³-hybridized carbons (Fsp3) is 0.333. The van der Waals surface area contributed by atoms with Crippen molar-refractivity contribution < 1.29 is 9.53 Å². The van der Waals surface area contributed by atoms with Crippen molar-refractivity contribution in [2.45, 2.75) is 26.0 Å². The first-order valence-corrected chi connectivity index (χ1v) is 9.51. The summed E-state index contributed by atoms with van der Waals surface area (Å²) in [6.07, 6.45) is 2.42. The van der Waals surface area contributed by atoms with Gasteiger partial charge in [0.15, 0.2) is 5.75 Å². The number of thioether (sulfide) groups is 1. The van der Waals surface area contributed by atoms with Gasteiger partial charge in [-0.2, -0.15) is 0 Å². The van der Waals surface area contributed by atoms with Crippen LogP contribution in [0.1, 0.15) is 24.6 Å². The topological polar surface area (TPSA) is 71.2 Å². The number of carbonyl (C=O) groups excluding carboxylic acids is 1. The Morgan fingerprint density at radius 2 is 2.16 bits per heavy atom. The third-order valence-electron chi connectivity index (χ3n) is 3.35. The van der Waals surface area contributed by atoms with Gasteiger partial charge in [0, 0.05) is 34.4 Å². The Kier molecular flexibility index (Phi) is 7.40. The predicted octanol–water partition coefficient (Wildman–Crippen LogP) is 4.00. The highest BCUT2D eigenvalue weighted by atomic mass is 35.5. The van der Waals surface area contributed by atoms with Crippen molar-refractivity contribution in [2.75, 3.05) is 17.7 Å². The average molecular weight is 381 g/mol. The molecular weight excluding hydrogens is 360 g/mol. The lowest BCUT2D eigenvalue weighted by Gasteiger charge is -2.09. The fourth-order valence-electron chi connectivity index (χ4n) is 2.12. The van der Waals surface area contributed by atoms with E-state index in [4.69, 9.17) is 16.3 Å². The van der Waals surface area contributed by atoms with Crippen molar-refractivity contribution >= 4 is 35.0 Å². The first-order chi connectivity index (χ1) is 12.0. The summed E-state index contributed by atoms with van der Waals surface area (Å²) in [5.74, 6) is 1.06. The lowest BCUT2D eigenvalue weighted by molar-refractivity contribution is -0.113. The lowest BCUT2D eigenvalue weighted by Crippen LogP contribution is -2.15. The second-order valence-electron chi connectivity index (χ2n) is 5.54. The summed E-state index contributed by atoms with van der Waals surface area (Å²) in [5, 5.41) is 3.50. The monoisotopic (exact) mass is 380 g/mol. The lowest BCUT2D eigenvalue weighted by atomic mass is 10.2. The molecule has 0 radical (unpaired) electrons. The molecule has 0 fully saturated rings. The van der Waals surface area contributed by atoms with E-state index in [1.54, 1.807) is 24.4 Å². The van der Waals surface area contributed by atoms with Gasteiger partial charge in [0.2, 0.25) is 11.3 Å². The molecule has 0 bridgehead atoms. The number of aromatic nitrogens is 1. The van der Waals surface area contributed by atoms with Crippen LogP contribution in [0, 0.1) is 6.92 Å². The SMILES string of the molecule is CCCOc1c[nH]c(CSCC(=O)Nc2ccc(Cl)cc2C)cc1=O. The Bertz CT molecular complexity index is 792. The number of carbonyl (C=O) groups is 1. The van der Waals surface area contributed by atoms with E-state index in [1.807, 2.05) is 13.8 Å². The van der Waals surface area contributed by atoms with Gasteiger partial charge < -0.3 is 15.0 Å². The molecule has 0 aliphatic rings. The van der Waals surface area contributed by atoms with Crippen molar-refractivity contribution in [3.05, 3.63) is 57.0 Å². The number of H-pyrrole nitrogens is 1. The van der Waals surface area contributed by atoms with Crippen LogP contribution in [-0.4, -0.2) is 23.3 Å². The Labute approximate surface area is 156 Å². The number of hydrogen-bond donors (Lipinski definition) is 2. The van der Waals surface area contributed by atoms with Crippen molar-refractivity contribution in [1.29, 1.82) is 0 Å². The molecular formula is C18H21ClN2O3S. The number of anilines is 1. The van der Waals surface area contributed by atoms with E-state index in [1.165, 1.54) is 17.8 Å². The van der Waals surface area contributed by atoms with E-state index in [0.29, 0.717) is 23.1 Å². The first kappa shape index (κ1) is 19.4. The van der Waals surface area contributed by atoms with Crippen molar-refractivity contribution in [2.24, 2.45) is 0 Å². The standard InChI is InChI=1S/C18H21ClN2O3S/c1-3-6-24-17-9-20-14(8-16(17)22)10-25-11-18(23)21-15-5-4-13(19)7-12(15)2/h4-5,7-9H,3,6,10-11H2,1-2H3,(H,20,22)(H,21,23). The van der Waals surface area contributed by atoms with Crippen LogP contribution in [0.2, 0.25) is 5.02 Å². The number of aryl methyl sites for hydroxylation is 1. The number of ether oxygens (including phenoxy) is 1. The normalized spacial score (nSPS) is 10.5. The molecule has 2 N–H and O–H groups in total. The second kappa shape index (κ2) is 9.53. The highest BCUT2D eigenvalue weighted by Crippen LogP contribution is 2.20. The van der Waals surface area contributed by atoms with Crippen LogP contribution >= 0.6 is 23.4 Å². The van der Waals surface area contributed by atoms with Gasteiger partial charge in [-0.1, -0.05) is 18.5 Å². The van der Waals surface area contributed by atoms with Crippen LogP contribution in [0.4, 0.5) is 5.69 Å². The number of aromatic amines is 1. The zero-order chi connectivity index (χ0) is 18.2. The maximum Gasteiger partial charge on any atom is 0.234 e. The van der Waals surface area contributed by atoms with E-state index in [9.17, 15) is 9.59 Å². The Morgan fingerprint density at radius 1 is 1.36 bits per heavy atom. The molecule has 1 heterocycles. The van der Waals surface area contributed by atoms with Gasteiger partial charge in [-0.05, 0) is 37.1 Å². The molecule has 0 atom stereocenters. The molecule has 1 amide bonds. The Balaban J connectivity index is 1.82. The minimum absolute atomic E-state index is 0.0966. The van der Waals surface area contributed by atoms with Crippen LogP contribution in [0.5, 0.6) is 5.75 Å². The molecule has 1 aromatic heterocycles. The summed E-state index contributed by atoms with van der Waals surface area (Å²) in [4.78, 5) is 27.0. The number of amides is 1. The molecule has 5 nitrogen and oxygen atoms in total. The third-order valence-corrected chi connectivity index (χ3v) is 4.57. The minimum Gasteiger partial charge on any atom is -0.488 e. The molecule has 0 aliphatic heterocycles. The zero-order valence-corrected chi connectivity index (χ0v) is 15.8. The van der Waals surface area contributed by atoms with Crippen LogP contribution in [-0.2, 0) is 10.5 Å². The maximum absolute atomic E-state index is 12.0. The number of halogens is 1. The summed E-state index contributed by atoms with van der Waals surface area (Å²) in [5.41, 5.74) is 2.28. The summed E-state index contributed by atoms with van der Waals surface area (Å²) < 4.78 is 5.35. The maximum atomic E-state index is 12.0. The summed E-state index contributed by atoms with van der Waals surface area (Å²) in [6, 6.07) is 6.84. The molecule has 0 aliphatic carbocycles. The molecule has 1 aromatic carbocycles. The highest BCUT2D eigenvalue weighted by Gasteiger charge is 2.07. The predicted molar refractivity (Wildman–Crippen MR) is 104 cm³/mol. The molecule has 7 heteroatoms. The largest absolute Gasteiger partial charge is 0.488 e. The van der Waals surface area contributed by atoms with E-state index in [2.05, 4.69) is 10.3 Å². The van der Waals surface area contributed by atoms with Crippen LogP contribution in [0.3, 0.4) is 0 Å². The Morgan fingerprint density at radius 3 is 2.84 bits per heavy atom. The van der Waals surface area contributed by atoms with Crippen molar-refractivity contribution in [3.63, 3.8) is 0 Å². The van der Waals surface area contributed by atoms with Crippen molar-refractivity contribution in [3.8, 4) is 5.75 Å². The minimum atomic E-state index is -0.149. The second-order valence-corrected chi connectivity index (χ2v) is 6.96. The first-order valence-electron chi connectivity index (χ1n) is 7.97. The highest BCUT2D eigenvalue weighted by molar-refractivity contribution is 7.99. The molecule has 0 saturated carbocycles. The molecule has 134 valence electrons. The van der Waals surface area contributed by atoms with Crippen LogP contribution in [0.15, 0.2) is 35.3 Å². The van der Waals surface area contributed by atoms with E-state index < -0.39 is 0 Å². The van der Waals surface area contributed by atoms with Gasteiger partial charge in [-0.3, -0.25) is 9.59 Å². The van der Waals surface area contributed by atoms with E-state index >= 15 is 0 Å². The van der Waals surface area contributed by atoms with Gasteiger partial charge in [0.05, 0.1) is 12.4 Å². The number of rotatable bonds is 8. The molecule has 0 spiro atoms. The molecule has 2 rings (SSSR count). The molecule has 0 saturated heterocycles. The van der Waals surface area contributed by atoms with Gasteiger partial charge >= 0.3 is 0 Å².